The highest BCUT2D eigenvalue weighted by Gasteiger charge is 2.23. The van der Waals surface area contributed by atoms with Crippen LogP contribution < -0.4 is 0 Å². The fourth-order valence-corrected chi connectivity index (χ4v) is 1.81. The van der Waals surface area contributed by atoms with Gasteiger partial charge in [0.2, 0.25) is 5.69 Å². The van der Waals surface area contributed by atoms with Crippen LogP contribution in [0.3, 0.4) is 0 Å². The molecular weight excluding hydrogens is 218 g/mol. The molecule has 0 aliphatic carbocycles. The number of hydrogen-bond donors (Lipinski definition) is 0. The summed E-state index contributed by atoms with van der Waals surface area (Å²) in [5, 5.41) is 11.3. The highest BCUT2D eigenvalue weighted by Crippen LogP contribution is 2.32. The van der Waals surface area contributed by atoms with Gasteiger partial charge in [-0.25, -0.2) is 0 Å². The quantitative estimate of drug-likeness (QED) is 0.493. The second-order valence-electron chi connectivity index (χ2n) is 2.97. The van der Waals surface area contributed by atoms with Crippen LogP contribution >= 0.6 is 15.9 Å². The van der Waals surface area contributed by atoms with Gasteiger partial charge in [-0.1, -0.05) is 22.0 Å². The van der Waals surface area contributed by atoms with Gasteiger partial charge in [0.1, 0.15) is 0 Å². The molecule has 0 saturated heterocycles. The van der Waals surface area contributed by atoms with E-state index in [1.54, 1.807) is 6.21 Å². The number of benzene rings is 1. The third-order valence-electron chi connectivity index (χ3n) is 2.08. The van der Waals surface area contributed by atoms with Crippen LogP contribution in [0.1, 0.15) is 18.4 Å². The van der Waals surface area contributed by atoms with E-state index in [1.165, 1.54) is 0 Å². The van der Waals surface area contributed by atoms with E-state index in [4.69, 9.17) is 0 Å². The van der Waals surface area contributed by atoms with Crippen LogP contribution in [0, 0.1) is 5.21 Å². The first-order chi connectivity index (χ1) is 5.68. The summed E-state index contributed by atoms with van der Waals surface area (Å²) in [6, 6.07) is 5.79. The lowest BCUT2D eigenvalue weighted by Crippen LogP contribution is -1.90. The van der Waals surface area contributed by atoms with Crippen molar-refractivity contribution < 1.29 is 4.74 Å². The normalized spacial score (nSPS) is 20.5. The maximum atomic E-state index is 11.3. The molecule has 1 aliphatic rings. The van der Waals surface area contributed by atoms with Crippen LogP contribution in [0.15, 0.2) is 22.7 Å². The minimum Gasteiger partial charge on any atom is -0.618 e. The van der Waals surface area contributed by atoms with Crippen LogP contribution in [-0.4, -0.2) is 11.0 Å². The largest absolute Gasteiger partial charge is 0.618 e. The first-order valence-corrected chi connectivity index (χ1v) is 4.58. The molecule has 12 heavy (non-hydrogen) atoms. The van der Waals surface area contributed by atoms with Gasteiger partial charge >= 0.3 is 0 Å². The van der Waals surface area contributed by atoms with E-state index in [0.29, 0.717) is 0 Å². The Morgan fingerprint density at radius 1 is 1.50 bits per heavy atom. The first kappa shape index (κ1) is 7.80. The Morgan fingerprint density at radius 3 is 3.00 bits per heavy atom. The summed E-state index contributed by atoms with van der Waals surface area (Å²) < 4.78 is 1.88. The lowest BCUT2D eigenvalue weighted by Gasteiger charge is -2.00. The van der Waals surface area contributed by atoms with Crippen molar-refractivity contribution >= 4 is 27.8 Å². The zero-order valence-electron chi connectivity index (χ0n) is 6.62. The van der Waals surface area contributed by atoms with Crippen LogP contribution in [-0.2, 0) is 0 Å². The van der Waals surface area contributed by atoms with Crippen LogP contribution in [0.4, 0.5) is 5.69 Å². The van der Waals surface area contributed by atoms with Crippen LogP contribution in [0.2, 0.25) is 0 Å². The van der Waals surface area contributed by atoms with Gasteiger partial charge in [-0.15, -0.1) is 0 Å². The SMILES string of the molecule is CC1C=[N+]([O-])c2cc(Br)ccc21. The van der Waals surface area contributed by atoms with Gasteiger partial charge in [-0.05, 0) is 13.0 Å². The van der Waals surface area contributed by atoms with Gasteiger partial charge in [0.05, 0.1) is 5.92 Å². The van der Waals surface area contributed by atoms with E-state index in [2.05, 4.69) is 15.9 Å². The van der Waals surface area contributed by atoms with E-state index < -0.39 is 0 Å². The maximum absolute atomic E-state index is 11.3. The van der Waals surface area contributed by atoms with Gasteiger partial charge in [0.25, 0.3) is 0 Å². The maximum Gasteiger partial charge on any atom is 0.221 e. The molecule has 2 nitrogen and oxygen atoms in total. The number of nitrogens with zero attached hydrogens (tertiary/aromatic N) is 1. The third kappa shape index (κ3) is 1.05. The summed E-state index contributed by atoms with van der Waals surface area (Å²) in [6.45, 7) is 2.02. The molecule has 1 aliphatic heterocycles. The Bertz CT molecular complexity index is 360. The lowest BCUT2D eigenvalue weighted by atomic mass is 10.0. The van der Waals surface area contributed by atoms with Crippen molar-refractivity contribution in [3.05, 3.63) is 33.4 Å². The molecule has 0 aromatic heterocycles. The fraction of sp³-hybridized carbons (Fsp3) is 0.222. The second kappa shape index (κ2) is 2.59. The average Bonchev–Trinajstić information content (AvgIpc) is 2.28. The zero-order chi connectivity index (χ0) is 8.72. The Kier molecular flexibility index (Phi) is 1.68. The molecule has 0 spiro atoms. The third-order valence-corrected chi connectivity index (χ3v) is 2.57. The molecule has 1 atom stereocenters. The minimum absolute atomic E-state index is 0.241. The molecule has 2 rings (SSSR count). The molecule has 0 fully saturated rings. The van der Waals surface area contributed by atoms with Gasteiger partial charge in [-0.3, -0.25) is 0 Å². The number of rotatable bonds is 0. The van der Waals surface area contributed by atoms with E-state index in [1.807, 2.05) is 25.1 Å². The van der Waals surface area contributed by atoms with E-state index >= 15 is 0 Å². The number of fused-ring (bicyclic) bond motifs is 1. The Balaban J connectivity index is 2.61. The summed E-state index contributed by atoms with van der Waals surface area (Å²) in [5.74, 6) is 0.241. The molecule has 1 unspecified atom stereocenters. The molecule has 62 valence electrons. The number of halogens is 1. The van der Waals surface area contributed by atoms with Crippen LogP contribution in [0.5, 0.6) is 0 Å². The minimum atomic E-state index is 0.241. The Morgan fingerprint density at radius 2 is 2.25 bits per heavy atom. The molecule has 0 bridgehead atoms. The van der Waals surface area contributed by atoms with Crippen LogP contribution in [0.25, 0.3) is 0 Å². The van der Waals surface area contributed by atoms with E-state index in [0.717, 1.165) is 20.5 Å². The number of hydrogen-bond acceptors (Lipinski definition) is 1. The molecule has 0 saturated carbocycles. The van der Waals surface area contributed by atoms with Crippen molar-refractivity contribution in [1.82, 2.24) is 0 Å². The van der Waals surface area contributed by atoms with Crippen molar-refractivity contribution in [1.29, 1.82) is 0 Å². The smallest absolute Gasteiger partial charge is 0.221 e. The monoisotopic (exact) mass is 225 g/mol. The van der Waals surface area contributed by atoms with E-state index in [9.17, 15) is 5.21 Å². The van der Waals surface area contributed by atoms with Crippen molar-refractivity contribution in [3.63, 3.8) is 0 Å². The molecule has 0 radical (unpaired) electrons. The van der Waals surface area contributed by atoms with E-state index in [-0.39, 0.29) is 5.92 Å². The van der Waals surface area contributed by atoms with Crippen molar-refractivity contribution in [3.8, 4) is 0 Å². The molecule has 0 N–H and O–H groups in total. The molecular formula is C9H8BrNO. The predicted molar refractivity (Wildman–Crippen MR) is 51.9 cm³/mol. The van der Waals surface area contributed by atoms with Gasteiger partial charge in [-0.2, -0.15) is 4.74 Å². The van der Waals surface area contributed by atoms with Gasteiger partial charge in [0.15, 0.2) is 6.21 Å². The zero-order valence-corrected chi connectivity index (χ0v) is 8.21. The first-order valence-electron chi connectivity index (χ1n) is 3.79. The predicted octanol–water partition coefficient (Wildman–Crippen LogP) is 2.78. The Hall–Kier alpha value is -0.830. The van der Waals surface area contributed by atoms with Gasteiger partial charge < -0.3 is 5.21 Å². The van der Waals surface area contributed by atoms with Crippen molar-refractivity contribution in [2.45, 2.75) is 12.8 Å². The molecule has 1 heterocycles. The summed E-state index contributed by atoms with van der Waals surface area (Å²) in [5.41, 5.74) is 1.87. The van der Waals surface area contributed by atoms with Crippen molar-refractivity contribution in [2.75, 3.05) is 0 Å². The second-order valence-corrected chi connectivity index (χ2v) is 3.88. The standard InChI is InChI=1S/C9H8BrNO/c1-6-5-11(12)9-4-7(10)2-3-8(6)9/h2-6H,1H3. The van der Waals surface area contributed by atoms with Crippen molar-refractivity contribution in [2.24, 2.45) is 0 Å². The Labute approximate surface area is 79.2 Å². The summed E-state index contributed by atoms with van der Waals surface area (Å²) in [7, 11) is 0. The summed E-state index contributed by atoms with van der Waals surface area (Å²) >= 11 is 3.33. The summed E-state index contributed by atoms with van der Waals surface area (Å²) in [4.78, 5) is 0. The molecule has 1 aromatic rings. The van der Waals surface area contributed by atoms with Gasteiger partial charge in [0, 0.05) is 16.1 Å². The molecule has 0 amide bonds. The molecule has 1 aromatic carbocycles. The molecule has 3 heteroatoms. The highest BCUT2D eigenvalue weighted by molar-refractivity contribution is 9.10. The summed E-state index contributed by atoms with van der Waals surface area (Å²) in [6.07, 6.45) is 1.68. The average molecular weight is 226 g/mol. The highest BCUT2D eigenvalue weighted by atomic mass is 79.9. The topological polar surface area (TPSA) is 26.1 Å². The fourth-order valence-electron chi connectivity index (χ4n) is 1.46. The lowest BCUT2D eigenvalue weighted by molar-refractivity contribution is -0.351.